The van der Waals surface area contributed by atoms with Gasteiger partial charge in [-0.1, -0.05) is 32.0 Å². The van der Waals surface area contributed by atoms with Crippen molar-refractivity contribution >= 4 is 17.7 Å². The van der Waals surface area contributed by atoms with E-state index in [-0.39, 0.29) is 18.4 Å². The molecule has 5 nitrogen and oxygen atoms in total. The zero-order valence-electron chi connectivity index (χ0n) is 12.8. The number of benzene rings is 1. The number of carbonyl (C=O) groups excluding carboxylic acids is 2. The quantitative estimate of drug-likeness (QED) is 0.859. The summed E-state index contributed by atoms with van der Waals surface area (Å²) in [6.07, 6.45) is -0.401. The van der Waals surface area contributed by atoms with Gasteiger partial charge in [0.1, 0.15) is 6.54 Å². The topological polar surface area (TPSA) is 49.9 Å². The Labute approximate surface area is 125 Å². The summed E-state index contributed by atoms with van der Waals surface area (Å²) in [6, 6.07) is 7.77. The third kappa shape index (κ3) is 3.74. The maximum Gasteiger partial charge on any atom is 0.410 e. The second-order valence-corrected chi connectivity index (χ2v) is 5.72. The van der Waals surface area contributed by atoms with E-state index < -0.39 is 6.09 Å². The van der Waals surface area contributed by atoms with Gasteiger partial charge in [0, 0.05) is 18.8 Å². The Balaban J connectivity index is 1.98. The van der Waals surface area contributed by atoms with E-state index in [2.05, 4.69) is 0 Å². The molecule has 2 rings (SSSR count). The van der Waals surface area contributed by atoms with Gasteiger partial charge in [-0.25, -0.2) is 4.79 Å². The molecular weight excluding hydrogens is 268 g/mol. The highest BCUT2D eigenvalue weighted by Gasteiger charge is 2.29. The average Bonchev–Trinajstić information content (AvgIpc) is 2.45. The molecule has 0 bridgehead atoms. The predicted molar refractivity (Wildman–Crippen MR) is 81.3 cm³/mol. The molecule has 2 amide bonds. The summed E-state index contributed by atoms with van der Waals surface area (Å²) >= 11 is 0. The van der Waals surface area contributed by atoms with Crippen molar-refractivity contribution in [2.45, 2.75) is 20.8 Å². The number of aryl methyl sites for hydroxylation is 1. The number of para-hydroxylation sites is 1. The van der Waals surface area contributed by atoms with E-state index in [1.807, 2.05) is 45.0 Å². The molecule has 1 aromatic carbocycles. The highest BCUT2D eigenvalue weighted by molar-refractivity contribution is 5.97. The van der Waals surface area contributed by atoms with Gasteiger partial charge in [0.25, 0.3) is 0 Å². The lowest BCUT2D eigenvalue weighted by atomic mass is 10.1. The Hall–Kier alpha value is -2.04. The molecule has 1 saturated heterocycles. The van der Waals surface area contributed by atoms with Gasteiger partial charge < -0.3 is 9.64 Å². The van der Waals surface area contributed by atoms with Gasteiger partial charge >= 0.3 is 6.09 Å². The van der Waals surface area contributed by atoms with Crippen LogP contribution in [0, 0.1) is 12.8 Å². The lowest BCUT2D eigenvalue weighted by Gasteiger charge is -2.34. The molecule has 1 aliphatic rings. The number of amides is 2. The van der Waals surface area contributed by atoms with E-state index in [1.54, 1.807) is 4.90 Å². The third-order valence-electron chi connectivity index (χ3n) is 3.43. The molecule has 0 spiro atoms. The van der Waals surface area contributed by atoms with Crippen LogP contribution < -0.4 is 4.90 Å². The first-order chi connectivity index (χ1) is 9.99. The zero-order valence-corrected chi connectivity index (χ0v) is 12.8. The van der Waals surface area contributed by atoms with Crippen molar-refractivity contribution in [1.82, 2.24) is 4.90 Å². The number of hydrogen-bond acceptors (Lipinski definition) is 3. The first kappa shape index (κ1) is 15.4. The Kier molecular flexibility index (Phi) is 4.83. The van der Waals surface area contributed by atoms with Crippen LogP contribution in [0.15, 0.2) is 24.3 Å². The summed E-state index contributed by atoms with van der Waals surface area (Å²) < 4.78 is 5.17. The van der Waals surface area contributed by atoms with Gasteiger partial charge in [-0.05, 0) is 24.5 Å². The van der Waals surface area contributed by atoms with Crippen LogP contribution in [0.5, 0.6) is 0 Å². The minimum atomic E-state index is -0.401. The van der Waals surface area contributed by atoms with Crippen molar-refractivity contribution in [3.8, 4) is 0 Å². The summed E-state index contributed by atoms with van der Waals surface area (Å²) in [5, 5.41) is 0. The van der Waals surface area contributed by atoms with Gasteiger partial charge in [-0.2, -0.15) is 0 Å². The fourth-order valence-electron chi connectivity index (χ4n) is 2.28. The first-order valence-corrected chi connectivity index (χ1v) is 7.26. The minimum Gasteiger partial charge on any atom is -0.449 e. The maximum absolute atomic E-state index is 12.3. The number of carbonyl (C=O) groups is 2. The van der Waals surface area contributed by atoms with Gasteiger partial charge in [0.15, 0.2) is 0 Å². The molecule has 1 aliphatic heterocycles. The molecule has 114 valence electrons. The Morgan fingerprint density at radius 1 is 1.29 bits per heavy atom. The fraction of sp³-hybridized carbons (Fsp3) is 0.500. The van der Waals surface area contributed by atoms with Crippen LogP contribution in [0.1, 0.15) is 19.4 Å². The predicted octanol–water partition coefficient (Wildman–Crippen LogP) is 2.44. The summed E-state index contributed by atoms with van der Waals surface area (Å²) in [5.74, 6) is 0.218. The van der Waals surface area contributed by atoms with Crippen LogP contribution in [0.2, 0.25) is 0 Å². The molecular formula is C16H22N2O3. The van der Waals surface area contributed by atoms with E-state index in [0.717, 1.165) is 11.3 Å². The molecule has 0 unspecified atom stereocenters. The summed E-state index contributed by atoms with van der Waals surface area (Å²) in [6.45, 7) is 7.39. The van der Waals surface area contributed by atoms with E-state index in [0.29, 0.717) is 19.7 Å². The number of ether oxygens (including phenoxy) is 1. The van der Waals surface area contributed by atoms with Crippen LogP contribution in [0.3, 0.4) is 0 Å². The number of piperazine rings is 1. The Morgan fingerprint density at radius 3 is 2.62 bits per heavy atom. The fourth-order valence-corrected chi connectivity index (χ4v) is 2.28. The summed E-state index contributed by atoms with van der Waals surface area (Å²) in [4.78, 5) is 27.4. The zero-order chi connectivity index (χ0) is 15.4. The van der Waals surface area contributed by atoms with Crippen molar-refractivity contribution in [3.63, 3.8) is 0 Å². The Morgan fingerprint density at radius 2 is 2.00 bits per heavy atom. The van der Waals surface area contributed by atoms with E-state index in [1.165, 1.54) is 4.90 Å². The van der Waals surface area contributed by atoms with Crippen LogP contribution in [-0.2, 0) is 9.53 Å². The van der Waals surface area contributed by atoms with Gasteiger partial charge in [-0.3, -0.25) is 9.69 Å². The molecule has 21 heavy (non-hydrogen) atoms. The molecule has 0 aromatic heterocycles. The monoisotopic (exact) mass is 290 g/mol. The number of hydrogen-bond donors (Lipinski definition) is 0. The molecule has 0 radical (unpaired) electrons. The lowest BCUT2D eigenvalue weighted by Crippen LogP contribution is -2.52. The Bertz CT molecular complexity index is 528. The standard InChI is InChI=1S/C16H22N2O3/c1-12(2)11-21-16(20)17-8-9-18(15(19)10-17)14-7-5-4-6-13(14)3/h4-7,12H,8-11H2,1-3H3. The smallest absolute Gasteiger partial charge is 0.410 e. The van der Waals surface area contributed by atoms with Crippen molar-refractivity contribution in [3.05, 3.63) is 29.8 Å². The first-order valence-electron chi connectivity index (χ1n) is 7.26. The highest BCUT2D eigenvalue weighted by Crippen LogP contribution is 2.21. The molecule has 1 aromatic rings. The minimum absolute atomic E-state index is 0.0722. The van der Waals surface area contributed by atoms with Crippen LogP contribution >= 0.6 is 0 Å². The third-order valence-corrected chi connectivity index (χ3v) is 3.43. The van der Waals surface area contributed by atoms with Gasteiger partial charge in [0.05, 0.1) is 6.61 Å². The van der Waals surface area contributed by atoms with Crippen molar-refractivity contribution in [1.29, 1.82) is 0 Å². The lowest BCUT2D eigenvalue weighted by molar-refractivity contribution is -0.120. The van der Waals surface area contributed by atoms with E-state index in [4.69, 9.17) is 4.74 Å². The van der Waals surface area contributed by atoms with Crippen LogP contribution in [0.4, 0.5) is 10.5 Å². The second-order valence-electron chi connectivity index (χ2n) is 5.72. The summed E-state index contributed by atoms with van der Waals surface area (Å²) in [7, 11) is 0. The molecule has 1 heterocycles. The van der Waals surface area contributed by atoms with E-state index in [9.17, 15) is 9.59 Å². The van der Waals surface area contributed by atoms with Crippen molar-refractivity contribution in [2.24, 2.45) is 5.92 Å². The van der Waals surface area contributed by atoms with Crippen LogP contribution in [0.25, 0.3) is 0 Å². The summed E-state index contributed by atoms with van der Waals surface area (Å²) in [5.41, 5.74) is 1.97. The molecule has 1 fully saturated rings. The van der Waals surface area contributed by atoms with Crippen LogP contribution in [-0.4, -0.2) is 43.1 Å². The number of anilines is 1. The van der Waals surface area contributed by atoms with Gasteiger partial charge in [0.2, 0.25) is 5.91 Å². The SMILES string of the molecule is Cc1ccccc1N1CCN(C(=O)OCC(C)C)CC1=O. The van der Waals surface area contributed by atoms with Crippen molar-refractivity contribution in [2.75, 3.05) is 31.1 Å². The number of nitrogens with zero attached hydrogens (tertiary/aromatic N) is 2. The maximum atomic E-state index is 12.3. The molecule has 0 aliphatic carbocycles. The number of rotatable bonds is 3. The highest BCUT2D eigenvalue weighted by atomic mass is 16.6. The molecule has 0 N–H and O–H groups in total. The molecule has 5 heteroatoms. The largest absolute Gasteiger partial charge is 0.449 e. The van der Waals surface area contributed by atoms with Gasteiger partial charge in [-0.15, -0.1) is 0 Å². The molecule has 0 atom stereocenters. The molecule has 0 saturated carbocycles. The average molecular weight is 290 g/mol. The normalized spacial score (nSPS) is 15.5. The van der Waals surface area contributed by atoms with Crippen molar-refractivity contribution < 1.29 is 14.3 Å². The second kappa shape index (κ2) is 6.61. The van der Waals surface area contributed by atoms with E-state index >= 15 is 0 Å².